The predicted octanol–water partition coefficient (Wildman–Crippen LogP) is -0.182. The summed E-state index contributed by atoms with van der Waals surface area (Å²) in [6, 6.07) is -0.0431. The van der Waals surface area contributed by atoms with Gasteiger partial charge in [0, 0.05) is 12.6 Å². The molecule has 2 heterocycles. The smallest absolute Gasteiger partial charge is 0.247 e. The highest BCUT2D eigenvalue weighted by molar-refractivity contribution is 6.06. The van der Waals surface area contributed by atoms with E-state index in [0.717, 1.165) is 32.5 Å². The van der Waals surface area contributed by atoms with Gasteiger partial charge in [0.25, 0.3) is 0 Å². The molecule has 3 aliphatic rings. The summed E-state index contributed by atoms with van der Waals surface area (Å²) in [6.07, 6.45) is 3.54. The minimum absolute atomic E-state index is 0.00820. The van der Waals surface area contributed by atoms with E-state index in [1.165, 1.54) is 11.3 Å². The first-order valence-corrected chi connectivity index (χ1v) is 6.93. The van der Waals surface area contributed by atoms with Crippen LogP contribution in [0.5, 0.6) is 0 Å². The second-order valence-electron chi connectivity index (χ2n) is 5.92. The van der Waals surface area contributed by atoms with Gasteiger partial charge in [-0.25, -0.2) is 0 Å². The zero-order chi connectivity index (χ0) is 12.7. The molecule has 2 amide bonds. The molecule has 100 valence electrons. The maximum absolute atomic E-state index is 12.1. The van der Waals surface area contributed by atoms with Crippen molar-refractivity contribution in [1.82, 2.24) is 15.1 Å². The molecule has 1 aliphatic carbocycles. The van der Waals surface area contributed by atoms with Crippen LogP contribution in [-0.2, 0) is 9.59 Å². The molecular weight excluding hydrogens is 230 g/mol. The van der Waals surface area contributed by atoms with E-state index < -0.39 is 0 Å². The van der Waals surface area contributed by atoms with Crippen LogP contribution in [0.3, 0.4) is 0 Å². The monoisotopic (exact) mass is 251 g/mol. The Morgan fingerprint density at radius 3 is 2.67 bits per heavy atom. The Bertz CT molecular complexity index is 367. The van der Waals surface area contributed by atoms with Gasteiger partial charge in [-0.05, 0) is 45.3 Å². The van der Waals surface area contributed by atoms with Crippen LogP contribution in [0.1, 0.15) is 25.7 Å². The fraction of sp³-hybridized carbons (Fsp3) is 0.846. The van der Waals surface area contributed by atoms with Crippen LogP contribution in [0.25, 0.3) is 0 Å². The van der Waals surface area contributed by atoms with Crippen LogP contribution in [0.15, 0.2) is 0 Å². The summed E-state index contributed by atoms with van der Waals surface area (Å²) < 4.78 is 0. The van der Waals surface area contributed by atoms with Crippen molar-refractivity contribution in [1.29, 1.82) is 0 Å². The first-order valence-electron chi connectivity index (χ1n) is 6.93. The van der Waals surface area contributed by atoms with E-state index in [1.54, 1.807) is 0 Å². The third kappa shape index (κ3) is 2.29. The van der Waals surface area contributed by atoms with Crippen molar-refractivity contribution in [3.8, 4) is 0 Å². The zero-order valence-corrected chi connectivity index (χ0v) is 10.9. The molecule has 0 spiro atoms. The lowest BCUT2D eigenvalue weighted by molar-refractivity contribution is -0.139. The van der Waals surface area contributed by atoms with Crippen molar-refractivity contribution in [3.63, 3.8) is 0 Å². The Hall–Kier alpha value is -0.940. The minimum atomic E-state index is -0.260. The molecule has 2 saturated heterocycles. The second-order valence-corrected chi connectivity index (χ2v) is 5.92. The molecule has 5 heteroatoms. The maximum Gasteiger partial charge on any atom is 0.247 e. The number of hydrogen-bond donors (Lipinski definition) is 1. The summed E-state index contributed by atoms with van der Waals surface area (Å²) >= 11 is 0. The molecule has 0 bridgehead atoms. The topological polar surface area (TPSA) is 52.7 Å². The fourth-order valence-corrected chi connectivity index (χ4v) is 3.03. The molecule has 0 aromatic rings. The van der Waals surface area contributed by atoms with Gasteiger partial charge in [0.05, 0.1) is 12.5 Å². The van der Waals surface area contributed by atoms with E-state index in [9.17, 15) is 9.59 Å². The number of hydrogen-bond acceptors (Lipinski definition) is 4. The highest BCUT2D eigenvalue weighted by atomic mass is 16.2. The summed E-state index contributed by atoms with van der Waals surface area (Å²) in [5, 5.41) is 3.30. The van der Waals surface area contributed by atoms with Crippen LogP contribution in [-0.4, -0.2) is 60.4 Å². The highest BCUT2D eigenvalue weighted by Crippen LogP contribution is 2.31. The molecule has 0 aromatic carbocycles. The van der Waals surface area contributed by atoms with E-state index in [2.05, 4.69) is 17.3 Å². The lowest BCUT2D eigenvalue weighted by atomic mass is 10.1. The number of carbonyl (C=O) groups is 2. The van der Waals surface area contributed by atoms with E-state index in [-0.39, 0.29) is 23.9 Å². The van der Waals surface area contributed by atoms with Gasteiger partial charge >= 0.3 is 0 Å². The van der Waals surface area contributed by atoms with Crippen LogP contribution in [0, 0.1) is 5.92 Å². The Labute approximate surface area is 107 Å². The largest absolute Gasteiger partial charge is 0.306 e. The van der Waals surface area contributed by atoms with Crippen molar-refractivity contribution >= 4 is 11.8 Å². The summed E-state index contributed by atoms with van der Waals surface area (Å²) in [4.78, 5) is 27.7. The summed E-state index contributed by atoms with van der Waals surface area (Å²) in [6.45, 7) is 3.08. The van der Waals surface area contributed by atoms with Crippen LogP contribution in [0.2, 0.25) is 0 Å². The van der Waals surface area contributed by atoms with Gasteiger partial charge in [0.15, 0.2) is 0 Å². The summed E-state index contributed by atoms with van der Waals surface area (Å²) in [5.41, 5.74) is 0. The predicted molar refractivity (Wildman–Crippen MR) is 66.9 cm³/mol. The van der Waals surface area contributed by atoms with Gasteiger partial charge in [-0.1, -0.05) is 0 Å². The van der Waals surface area contributed by atoms with E-state index in [1.807, 2.05) is 0 Å². The van der Waals surface area contributed by atoms with E-state index in [0.29, 0.717) is 12.3 Å². The summed E-state index contributed by atoms with van der Waals surface area (Å²) in [7, 11) is 2.12. The molecule has 3 rings (SSSR count). The molecule has 2 aliphatic heterocycles. The average molecular weight is 251 g/mol. The Morgan fingerprint density at radius 1 is 1.28 bits per heavy atom. The molecule has 1 saturated carbocycles. The number of nitrogens with one attached hydrogen (secondary N) is 1. The van der Waals surface area contributed by atoms with Crippen molar-refractivity contribution in [2.24, 2.45) is 5.92 Å². The third-order valence-electron chi connectivity index (χ3n) is 4.24. The van der Waals surface area contributed by atoms with E-state index in [4.69, 9.17) is 0 Å². The molecule has 1 N–H and O–H groups in total. The summed E-state index contributed by atoms with van der Waals surface area (Å²) in [5.74, 6) is 0.644. The SMILES string of the molecule is CN1CCC(CNC2CC(=O)N(C3CC3)C2=O)C1. The number of rotatable bonds is 4. The Balaban J connectivity index is 1.51. The number of nitrogens with zero attached hydrogens (tertiary/aromatic N) is 2. The maximum atomic E-state index is 12.1. The molecule has 3 fully saturated rings. The van der Waals surface area contributed by atoms with Gasteiger partial charge in [-0.3, -0.25) is 14.5 Å². The number of imide groups is 1. The van der Waals surface area contributed by atoms with Gasteiger partial charge in [0.1, 0.15) is 0 Å². The molecule has 0 radical (unpaired) electrons. The van der Waals surface area contributed by atoms with Crippen LogP contribution < -0.4 is 5.32 Å². The number of amides is 2. The van der Waals surface area contributed by atoms with Crippen LogP contribution >= 0.6 is 0 Å². The zero-order valence-electron chi connectivity index (χ0n) is 10.9. The molecule has 0 aromatic heterocycles. The van der Waals surface area contributed by atoms with Crippen molar-refractivity contribution in [2.75, 3.05) is 26.7 Å². The number of likely N-dealkylation sites (tertiary alicyclic amines) is 2. The standard InChI is InChI=1S/C13H21N3O2/c1-15-5-4-9(8-15)7-14-11-6-12(17)16(13(11)18)10-2-3-10/h9-11,14H,2-8H2,1H3. The van der Waals surface area contributed by atoms with Crippen molar-refractivity contribution in [2.45, 2.75) is 37.8 Å². The van der Waals surface area contributed by atoms with E-state index >= 15 is 0 Å². The molecule has 18 heavy (non-hydrogen) atoms. The lowest BCUT2D eigenvalue weighted by Crippen LogP contribution is -2.41. The average Bonchev–Trinajstić information content (AvgIpc) is 3.00. The lowest BCUT2D eigenvalue weighted by Gasteiger charge is -2.16. The Morgan fingerprint density at radius 2 is 2.06 bits per heavy atom. The van der Waals surface area contributed by atoms with Crippen molar-refractivity contribution < 1.29 is 9.59 Å². The molecule has 5 nitrogen and oxygen atoms in total. The van der Waals surface area contributed by atoms with Crippen LogP contribution in [0.4, 0.5) is 0 Å². The van der Waals surface area contributed by atoms with Gasteiger partial charge < -0.3 is 10.2 Å². The Kier molecular flexibility index (Phi) is 3.11. The molecular formula is C13H21N3O2. The van der Waals surface area contributed by atoms with Crippen molar-refractivity contribution in [3.05, 3.63) is 0 Å². The van der Waals surface area contributed by atoms with Gasteiger partial charge in [-0.15, -0.1) is 0 Å². The highest BCUT2D eigenvalue weighted by Gasteiger charge is 2.45. The quantitative estimate of drug-likeness (QED) is 0.704. The fourth-order valence-electron chi connectivity index (χ4n) is 3.03. The van der Waals surface area contributed by atoms with Gasteiger partial charge in [0.2, 0.25) is 11.8 Å². The minimum Gasteiger partial charge on any atom is -0.306 e. The molecule has 2 atom stereocenters. The first-order chi connectivity index (χ1) is 8.65. The second kappa shape index (κ2) is 4.63. The normalized spacial score (nSPS) is 33.7. The number of carbonyl (C=O) groups excluding carboxylic acids is 2. The first kappa shape index (κ1) is 12.1. The molecule has 2 unspecified atom stereocenters. The van der Waals surface area contributed by atoms with Gasteiger partial charge in [-0.2, -0.15) is 0 Å². The third-order valence-corrected chi connectivity index (χ3v) is 4.24.